The second kappa shape index (κ2) is 7.86. The Kier molecular flexibility index (Phi) is 5.84. The van der Waals surface area contributed by atoms with E-state index in [9.17, 15) is 23.3 Å². The molecule has 0 aliphatic rings. The highest BCUT2D eigenvalue weighted by molar-refractivity contribution is 7.89. The van der Waals surface area contributed by atoms with E-state index in [0.29, 0.717) is 5.56 Å². The monoisotopic (exact) mass is 363 g/mol. The predicted molar refractivity (Wildman–Crippen MR) is 91.8 cm³/mol. The number of aryl methyl sites for hydroxylation is 1. The molecule has 9 heteroatoms. The van der Waals surface area contributed by atoms with E-state index < -0.39 is 14.9 Å². The Morgan fingerprint density at radius 3 is 2.20 bits per heavy atom. The Balaban J connectivity index is 1.86. The van der Waals surface area contributed by atoms with Crippen molar-refractivity contribution in [2.75, 3.05) is 13.1 Å². The number of nitrogens with zero attached hydrogens (tertiary/aromatic N) is 1. The number of rotatable bonds is 7. The van der Waals surface area contributed by atoms with Crippen molar-refractivity contribution in [3.05, 3.63) is 69.8 Å². The van der Waals surface area contributed by atoms with E-state index >= 15 is 0 Å². The van der Waals surface area contributed by atoms with Gasteiger partial charge < -0.3 is 5.32 Å². The van der Waals surface area contributed by atoms with Crippen LogP contribution in [0, 0.1) is 17.0 Å². The minimum Gasteiger partial charge on any atom is -0.351 e. The molecular weight excluding hydrogens is 346 g/mol. The van der Waals surface area contributed by atoms with Crippen molar-refractivity contribution in [3.63, 3.8) is 0 Å². The zero-order chi connectivity index (χ0) is 18.4. The van der Waals surface area contributed by atoms with Gasteiger partial charge in [0.1, 0.15) is 0 Å². The zero-order valence-corrected chi connectivity index (χ0v) is 14.2. The smallest absolute Gasteiger partial charge is 0.269 e. The first-order valence-electron chi connectivity index (χ1n) is 7.38. The second-order valence-corrected chi connectivity index (χ2v) is 7.04. The summed E-state index contributed by atoms with van der Waals surface area (Å²) in [7, 11) is -3.79. The lowest BCUT2D eigenvalue weighted by atomic mass is 10.1. The Hall–Kier alpha value is -2.78. The lowest BCUT2D eigenvalue weighted by molar-refractivity contribution is -0.384. The molecule has 25 heavy (non-hydrogen) atoms. The van der Waals surface area contributed by atoms with E-state index in [-0.39, 0.29) is 29.6 Å². The van der Waals surface area contributed by atoms with Gasteiger partial charge in [-0.25, -0.2) is 13.1 Å². The first-order chi connectivity index (χ1) is 11.8. The fraction of sp³-hybridized carbons (Fsp3) is 0.188. The van der Waals surface area contributed by atoms with Crippen molar-refractivity contribution in [2.24, 2.45) is 0 Å². The molecule has 0 heterocycles. The molecule has 0 spiro atoms. The maximum absolute atomic E-state index is 12.1. The molecule has 0 bridgehead atoms. The molecule has 0 radical (unpaired) electrons. The van der Waals surface area contributed by atoms with Crippen molar-refractivity contribution in [1.29, 1.82) is 0 Å². The molecular formula is C16H17N3O5S. The van der Waals surface area contributed by atoms with Gasteiger partial charge in [0.15, 0.2) is 0 Å². The first kappa shape index (κ1) is 18.6. The number of benzene rings is 2. The summed E-state index contributed by atoms with van der Waals surface area (Å²) in [6.07, 6.45) is 0. The number of hydrogen-bond donors (Lipinski definition) is 2. The molecule has 1 amide bonds. The average Bonchev–Trinajstić information content (AvgIpc) is 2.59. The number of nitrogens with one attached hydrogen (secondary N) is 2. The lowest BCUT2D eigenvalue weighted by Crippen LogP contribution is -2.34. The van der Waals surface area contributed by atoms with Gasteiger partial charge >= 0.3 is 0 Å². The third-order valence-corrected chi connectivity index (χ3v) is 4.85. The van der Waals surface area contributed by atoms with Gasteiger partial charge in [-0.2, -0.15) is 0 Å². The molecule has 2 aromatic carbocycles. The number of nitro groups is 1. The van der Waals surface area contributed by atoms with Crippen LogP contribution in [0.4, 0.5) is 5.69 Å². The number of nitro benzene ring substituents is 1. The van der Waals surface area contributed by atoms with Crippen molar-refractivity contribution < 1.29 is 18.1 Å². The summed E-state index contributed by atoms with van der Waals surface area (Å²) < 4.78 is 26.5. The van der Waals surface area contributed by atoms with E-state index in [0.717, 1.165) is 29.8 Å². The summed E-state index contributed by atoms with van der Waals surface area (Å²) in [5.74, 6) is -0.297. The standard InChI is InChI=1S/C16H17N3O5S/c1-12-2-4-13(5-3-12)16(20)17-10-11-18-25(23,24)15-8-6-14(7-9-15)19(21)22/h2-9,18H,10-11H2,1H3,(H,17,20). The van der Waals surface area contributed by atoms with Gasteiger partial charge in [0, 0.05) is 30.8 Å². The first-order valence-corrected chi connectivity index (χ1v) is 8.87. The number of sulfonamides is 1. The van der Waals surface area contributed by atoms with Gasteiger partial charge in [-0.3, -0.25) is 14.9 Å². The zero-order valence-electron chi connectivity index (χ0n) is 13.4. The van der Waals surface area contributed by atoms with Crippen molar-refractivity contribution >= 4 is 21.6 Å². The van der Waals surface area contributed by atoms with E-state index in [1.54, 1.807) is 12.1 Å². The van der Waals surface area contributed by atoms with Crippen LogP contribution in [-0.2, 0) is 10.0 Å². The van der Waals surface area contributed by atoms with Crippen LogP contribution in [0.15, 0.2) is 53.4 Å². The highest BCUT2D eigenvalue weighted by Crippen LogP contribution is 2.15. The number of non-ortho nitro benzene ring substituents is 1. The molecule has 2 rings (SSSR count). The Morgan fingerprint density at radius 1 is 1.04 bits per heavy atom. The number of carbonyl (C=O) groups excluding carboxylic acids is 1. The van der Waals surface area contributed by atoms with Crippen LogP contribution in [0.1, 0.15) is 15.9 Å². The molecule has 0 aliphatic carbocycles. The van der Waals surface area contributed by atoms with E-state index in [2.05, 4.69) is 10.0 Å². The van der Waals surface area contributed by atoms with Crippen LogP contribution in [0.3, 0.4) is 0 Å². The average molecular weight is 363 g/mol. The predicted octanol–water partition coefficient (Wildman–Crippen LogP) is 1.61. The summed E-state index contributed by atoms with van der Waals surface area (Å²) in [5, 5.41) is 13.2. The van der Waals surface area contributed by atoms with Crippen molar-refractivity contribution in [2.45, 2.75) is 11.8 Å². The van der Waals surface area contributed by atoms with E-state index in [1.807, 2.05) is 19.1 Å². The molecule has 2 N–H and O–H groups in total. The molecule has 0 aromatic heterocycles. The summed E-state index contributed by atoms with van der Waals surface area (Å²) in [6.45, 7) is 2.02. The van der Waals surface area contributed by atoms with Crippen LogP contribution in [-0.4, -0.2) is 32.3 Å². The van der Waals surface area contributed by atoms with Crippen LogP contribution >= 0.6 is 0 Å². The number of amides is 1. The highest BCUT2D eigenvalue weighted by atomic mass is 32.2. The molecule has 2 aromatic rings. The van der Waals surface area contributed by atoms with Crippen molar-refractivity contribution in [3.8, 4) is 0 Å². The fourth-order valence-corrected chi connectivity index (χ4v) is 3.03. The molecule has 8 nitrogen and oxygen atoms in total. The minimum absolute atomic E-state index is 0.00305. The quantitative estimate of drug-likeness (QED) is 0.440. The molecule has 0 atom stereocenters. The molecule has 0 fully saturated rings. The second-order valence-electron chi connectivity index (χ2n) is 5.27. The molecule has 0 saturated heterocycles. The minimum atomic E-state index is -3.79. The summed E-state index contributed by atoms with van der Waals surface area (Å²) in [4.78, 5) is 21.8. The molecule has 132 valence electrons. The highest BCUT2D eigenvalue weighted by Gasteiger charge is 2.15. The number of carbonyl (C=O) groups is 1. The Labute approximate surface area is 145 Å². The fourth-order valence-electron chi connectivity index (χ4n) is 2.00. The third kappa shape index (κ3) is 5.10. The van der Waals surface area contributed by atoms with Gasteiger partial charge in [0.05, 0.1) is 9.82 Å². The van der Waals surface area contributed by atoms with Gasteiger partial charge in [-0.1, -0.05) is 17.7 Å². The van der Waals surface area contributed by atoms with Crippen LogP contribution in [0.5, 0.6) is 0 Å². The Morgan fingerprint density at radius 2 is 1.64 bits per heavy atom. The van der Waals surface area contributed by atoms with Gasteiger partial charge in [-0.05, 0) is 31.2 Å². The largest absolute Gasteiger partial charge is 0.351 e. The molecule has 0 aliphatic heterocycles. The third-order valence-electron chi connectivity index (χ3n) is 3.37. The number of hydrogen-bond acceptors (Lipinski definition) is 5. The van der Waals surface area contributed by atoms with Crippen LogP contribution < -0.4 is 10.0 Å². The van der Waals surface area contributed by atoms with Gasteiger partial charge in [0.25, 0.3) is 11.6 Å². The molecule has 0 saturated carbocycles. The summed E-state index contributed by atoms with van der Waals surface area (Å²) in [5.41, 5.74) is 1.33. The van der Waals surface area contributed by atoms with E-state index in [1.165, 1.54) is 0 Å². The molecule has 0 unspecified atom stereocenters. The van der Waals surface area contributed by atoms with E-state index in [4.69, 9.17) is 0 Å². The van der Waals surface area contributed by atoms with Crippen molar-refractivity contribution in [1.82, 2.24) is 10.0 Å². The maximum atomic E-state index is 12.1. The topological polar surface area (TPSA) is 118 Å². The normalized spacial score (nSPS) is 11.1. The van der Waals surface area contributed by atoms with Crippen LogP contribution in [0.25, 0.3) is 0 Å². The summed E-state index contributed by atoms with van der Waals surface area (Å²) >= 11 is 0. The van der Waals surface area contributed by atoms with Gasteiger partial charge in [0.2, 0.25) is 10.0 Å². The summed E-state index contributed by atoms with van der Waals surface area (Å²) in [6, 6.07) is 11.5. The maximum Gasteiger partial charge on any atom is 0.269 e. The Bertz CT molecular complexity index is 862. The van der Waals surface area contributed by atoms with Gasteiger partial charge in [-0.15, -0.1) is 0 Å². The lowest BCUT2D eigenvalue weighted by Gasteiger charge is -2.08. The SMILES string of the molecule is Cc1ccc(C(=O)NCCNS(=O)(=O)c2ccc([N+](=O)[O-])cc2)cc1. The van der Waals surface area contributed by atoms with Crippen LogP contribution in [0.2, 0.25) is 0 Å².